The van der Waals surface area contributed by atoms with Gasteiger partial charge in [-0.2, -0.15) is 13.2 Å². The van der Waals surface area contributed by atoms with Crippen LogP contribution in [0.25, 0.3) is 11.1 Å². The average Bonchev–Trinajstić information content (AvgIpc) is 3.63. The molecule has 2 N–H and O–H groups in total. The molecule has 1 saturated heterocycles. The van der Waals surface area contributed by atoms with Crippen molar-refractivity contribution in [1.82, 2.24) is 0 Å². The molecule has 2 aliphatic rings. The van der Waals surface area contributed by atoms with Gasteiger partial charge in [0.25, 0.3) is 0 Å². The number of hydrogen-bond acceptors (Lipinski definition) is 6. The Hall–Kier alpha value is -3.89. The van der Waals surface area contributed by atoms with Crippen molar-refractivity contribution >= 4 is 53.4 Å². The number of anilines is 2. The molecular formula is C33H31F4N3O5SSe. The van der Waals surface area contributed by atoms with Crippen LogP contribution in [0.1, 0.15) is 43.2 Å². The van der Waals surface area contributed by atoms with Gasteiger partial charge in [0.15, 0.2) is 0 Å². The summed E-state index contributed by atoms with van der Waals surface area (Å²) >= 11 is -0.0271. The Labute approximate surface area is 276 Å². The van der Waals surface area contributed by atoms with Gasteiger partial charge in [-0.25, -0.2) is 12.8 Å². The number of ether oxygens (including phenoxy) is 1. The van der Waals surface area contributed by atoms with Crippen molar-refractivity contribution in [3.8, 4) is 10.7 Å². The van der Waals surface area contributed by atoms with Crippen LogP contribution in [0.5, 0.6) is 5.75 Å². The Bertz CT molecular complexity index is 1760. The summed E-state index contributed by atoms with van der Waals surface area (Å²) in [5.74, 6) is -0.879. The molecule has 2 bridgehead atoms. The molecule has 47 heavy (non-hydrogen) atoms. The fourth-order valence-electron chi connectivity index (χ4n) is 5.90. The topological polar surface area (TPSA) is 120 Å². The van der Waals surface area contributed by atoms with Crippen LogP contribution in [-0.2, 0) is 19.6 Å². The Morgan fingerprint density at radius 2 is 1.62 bits per heavy atom. The maximum atomic E-state index is 14.0. The molecule has 8 nitrogen and oxygen atoms in total. The molecule has 0 saturated carbocycles. The number of phenols is 1. The van der Waals surface area contributed by atoms with Crippen LogP contribution in [0.15, 0.2) is 72.8 Å². The number of phenolic OH excluding ortho intramolecular Hbond substituents is 1. The molecule has 0 radical (unpaired) electrons. The summed E-state index contributed by atoms with van der Waals surface area (Å²) in [5.41, 5.74) is 2.53. The van der Waals surface area contributed by atoms with Gasteiger partial charge >= 0.3 is 119 Å². The summed E-state index contributed by atoms with van der Waals surface area (Å²) in [6, 6.07) is 16.8. The first kappa shape index (κ1) is 34.4. The zero-order valence-electron chi connectivity index (χ0n) is 24.9. The molecule has 2 aliphatic heterocycles. The van der Waals surface area contributed by atoms with Gasteiger partial charge in [0, 0.05) is 0 Å². The number of unbranched alkanes of at least 4 members (excludes halogenated alkanes) is 2. The number of carbonyl (C=O) groups is 1. The first-order valence-corrected chi connectivity index (χ1v) is 18.4. The van der Waals surface area contributed by atoms with Crippen molar-refractivity contribution in [2.24, 2.45) is 0 Å². The van der Waals surface area contributed by atoms with E-state index in [9.17, 15) is 35.9 Å². The number of halogens is 4. The van der Waals surface area contributed by atoms with Crippen molar-refractivity contribution < 1.29 is 40.6 Å². The van der Waals surface area contributed by atoms with Gasteiger partial charge in [0.1, 0.15) is 29.5 Å². The first-order valence-electron chi connectivity index (χ1n) is 14.8. The molecule has 248 valence electrons. The number of carbonyl (C=O) groups excluding carboxylic acids is 1. The normalized spacial score (nSPS) is 19.1. The van der Waals surface area contributed by atoms with Crippen molar-refractivity contribution in [2.75, 3.05) is 16.2 Å². The minimum absolute atomic E-state index is 0.0191. The fourth-order valence-corrected chi connectivity index (χ4v) is 8.82. The number of amides is 1. The number of nitriles is 1. The third-order valence-electron chi connectivity index (χ3n) is 7.99. The standard InChI is InChI=1S/C33H31F4N3O5SSe/c34-23-9-13-25(14-10-23)40(19-33(35,36)37)46(43,44)28-18-27-30(21-7-15-26(41)16-8-21)31(32(28)45-27)22-5-11-24(12-6-22)39-29(42)4-2-1-3-17-47-20-38/h5-16,27-28,32,41H,1-4,17-19H2,(H,39,42). The predicted octanol–water partition coefficient (Wildman–Crippen LogP) is 6.48. The fraction of sp³-hybridized carbons (Fsp3) is 0.333. The first-order chi connectivity index (χ1) is 22.4. The molecule has 1 fully saturated rings. The molecule has 14 heteroatoms. The van der Waals surface area contributed by atoms with E-state index < -0.39 is 46.0 Å². The number of rotatable bonds is 13. The molecule has 3 atom stereocenters. The van der Waals surface area contributed by atoms with Gasteiger partial charge in [0.05, 0.1) is 11.8 Å². The number of hydrogen-bond donors (Lipinski definition) is 2. The van der Waals surface area contributed by atoms with Gasteiger partial charge in [0.2, 0.25) is 10.0 Å². The zero-order valence-corrected chi connectivity index (χ0v) is 27.4. The van der Waals surface area contributed by atoms with Crippen LogP contribution in [0, 0.1) is 16.0 Å². The molecule has 1 amide bonds. The summed E-state index contributed by atoms with van der Waals surface area (Å²) < 4.78 is 89.2. The van der Waals surface area contributed by atoms with E-state index in [1.165, 1.54) is 12.1 Å². The molecule has 3 aromatic carbocycles. The van der Waals surface area contributed by atoms with Crippen molar-refractivity contribution in [3.05, 3.63) is 89.7 Å². The summed E-state index contributed by atoms with van der Waals surface area (Å²) in [5, 5.41) is 20.8. The van der Waals surface area contributed by atoms with Crippen LogP contribution >= 0.6 is 0 Å². The molecule has 5 rings (SSSR count). The van der Waals surface area contributed by atoms with Crippen molar-refractivity contribution in [1.29, 1.82) is 5.26 Å². The Morgan fingerprint density at radius 3 is 2.26 bits per heavy atom. The molecule has 0 aliphatic carbocycles. The molecule has 3 unspecified atom stereocenters. The number of sulfonamides is 1. The quantitative estimate of drug-likeness (QED) is 0.118. The van der Waals surface area contributed by atoms with Crippen LogP contribution in [0.2, 0.25) is 5.32 Å². The number of nitrogens with zero attached hydrogens (tertiary/aromatic N) is 2. The van der Waals surface area contributed by atoms with Gasteiger partial charge in [-0.05, 0) is 54.0 Å². The minimum atomic E-state index is -4.88. The van der Waals surface area contributed by atoms with Crippen LogP contribution in [0.3, 0.4) is 0 Å². The third kappa shape index (κ3) is 8.16. The second kappa shape index (κ2) is 14.5. The molecule has 0 aromatic heterocycles. The van der Waals surface area contributed by atoms with Gasteiger partial charge in [-0.3, -0.25) is 4.31 Å². The number of nitrogens with one attached hydrogen (secondary N) is 1. The number of aromatic hydroxyl groups is 1. The van der Waals surface area contributed by atoms with E-state index in [2.05, 4.69) is 10.3 Å². The van der Waals surface area contributed by atoms with E-state index in [0.717, 1.165) is 42.4 Å². The second-order valence-corrected chi connectivity index (χ2v) is 15.1. The summed E-state index contributed by atoms with van der Waals surface area (Å²) in [6.45, 7) is -1.80. The summed E-state index contributed by atoms with van der Waals surface area (Å²) in [7, 11) is -4.70. The predicted molar refractivity (Wildman–Crippen MR) is 170 cm³/mol. The molecule has 3 aromatic rings. The van der Waals surface area contributed by atoms with Gasteiger partial charge in [-0.15, -0.1) is 0 Å². The van der Waals surface area contributed by atoms with Crippen molar-refractivity contribution in [3.63, 3.8) is 0 Å². The Balaban J connectivity index is 1.43. The molecule has 2 heterocycles. The number of benzene rings is 3. The number of alkyl halides is 3. The Morgan fingerprint density at radius 1 is 0.979 bits per heavy atom. The van der Waals surface area contributed by atoms with Gasteiger partial charge in [-0.1, -0.05) is 12.1 Å². The zero-order chi connectivity index (χ0) is 33.8. The van der Waals surface area contributed by atoms with E-state index in [-0.39, 0.29) is 43.0 Å². The number of fused-ring (bicyclic) bond motifs is 2. The van der Waals surface area contributed by atoms with Crippen LogP contribution in [0.4, 0.5) is 28.9 Å². The van der Waals surface area contributed by atoms with E-state index in [1.807, 2.05) is 0 Å². The van der Waals surface area contributed by atoms with E-state index in [1.54, 1.807) is 36.4 Å². The van der Waals surface area contributed by atoms with E-state index in [4.69, 9.17) is 10.00 Å². The van der Waals surface area contributed by atoms with E-state index >= 15 is 0 Å². The molecule has 0 spiro atoms. The maximum absolute atomic E-state index is 14.0. The second-order valence-electron chi connectivity index (χ2n) is 11.2. The van der Waals surface area contributed by atoms with Gasteiger partial charge < -0.3 is 9.84 Å². The van der Waals surface area contributed by atoms with Crippen molar-refractivity contribution in [2.45, 2.75) is 61.1 Å². The summed E-state index contributed by atoms with van der Waals surface area (Å²) in [6.07, 6.45) is -4.15. The molecular weight excluding hydrogens is 705 g/mol. The Kier molecular flexibility index (Phi) is 10.6. The average molecular weight is 737 g/mol. The van der Waals surface area contributed by atoms with Crippen LogP contribution in [-0.4, -0.2) is 64.6 Å². The van der Waals surface area contributed by atoms with E-state index in [0.29, 0.717) is 40.8 Å². The summed E-state index contributed by atoms with van der Waals surface area (Å²) in [4.78, 5) is 14.6. The monoisotopic (exact) mass is 737 g/mol. The SMILES string of the molecule is N#C[Se]CCCCCC(=O)Nc1ccc(C2=C(c3ccc(O)cc3)C3CC(S(=O)(=O)N(CC(F)(F)F)c4ccc(F)cc4)C2O3)cc1. The third-order valence-corrected chi connectivity index (χ3v) is 11.5. The van der Waals surface area contributed by atoms with Crippen LogP contribution < -0.4 is 9.62 Å².